The van der Waals surface area contributed by atoms with Crippen molar-refractivity contribution in [2.24, 2.45) is 0 Å². The van der Waals surface area contributed by atoms with Gasteiger partial charge in [0, 0.05) is 5.38 Å². The summed E-state index contributed by atoms with van der Waals surface area (Å²) in [4.78, 5) is 4.39. The molecule has 0 fully saturated rings. The molecule has 0 bridgehead atoms. The van der Waals surface area contributed by atoms with Crippen molar-refractivity contribution in [1.29, 1.82) is 0 Å². The predicted octanol–water partition coefficient (Wildman–Crippen LogP) is 4.38. The lowest BCUT2D eigenvalue weighted by Crippen LogP contribution is -2.01. The van der Waals surface area contributed by atoms with Crippen LogP contribution in [0.5, 0.6) is 0 Å². The quantitative estimate of drug-likeness (QED) is 0.774. The van der Waals surface area contributed by atoms with Gasteiger partial charge in [0.2, 0.25) is 0 Å². The Morgan fingerprint density at radius 2 is 2.00 bits per heavy atom. The third kappa shape index (κ3) is 2.53. The normalized spacial score (nSPS) is 11.1. The van der Waals surface area contributed by atoms with Crippen LogP contribution in [0.2, 0.25) is 10.0 Å². The van der Waals surface area contributed by atoms with Gasteiger partial charge in [0.05, 0.1) is 44.7 Å². The number of hydrogen-bond donors (Lipinski definition) is 1. The van der Waals surface area contributed by atoms with Crippen LogP contribution < -0.4 is 5.32 Å². The van der Waals surface area contributed by atoms with Crippen molar-refractivity contribution in [1.82, 2.24) is 13.7 Å². The molecule has 0 aliphatic carbocycles. The van der Waals surface area contributed by atoms with E-state index in [-0.39, 0.29) is 0 Å². The van der Waals surface area contributed by atoms with Gasteiger partial charge in [-0.3, -0.25) is 0 Å². The summed E-state index contributed by atoms with van der Waals surface area (Å²) in [7, 11) is 0. The maximum absolute atomic E-state index is 6.21. The van der Waals surface area contributed by atoms with Crippen molar-refractivity contribution in [2.45, 2.75) is 13.5 Å². The molecule has 0 radical (unpaired) electrons. The number of nitrogens with one attached hydrogen (secondary N) is 1. The number of fused-ring (bicyclic) bond motifs is 1. The number of thiazole rings is 1. The molecule has 0 unspecified atom stereocenters. The summed E-state index contributed by atoms with van der Waals surface area (Å²) >= 11 is 15.0. The van der Waals surface area contributed by atoms with Gasteiger partial charge in [-0.1, -0.05) is 23.2 Å². The fraction of sp³-hybridized carbons (Fsp3) is 0.182. The minimum absolute atomic E-state index is 0.517. The monoisotopic (exact) mass is 330 g/mol. The highest BCUT2D eigenvalue weighted by atomic mass is 35.5. The lowest BCUT2D eigenvalue weighted by atomic mass is 10.2. The second kappa shape index (κ2) is 5.20. The van der Waals surface area contributed by atoms with Crippen LogP contribution in [-0.2, 0) is 6.54 Å². The lowest BCUT2D eigenvalue weighted by molar-refractivity contribution is 1.06. The molecule has 0 aliphatic rings. The van der Waals surface area contributed by atoms with Crippen molar-refractivity contribution in [3.63, 3.8) is 0 Å². The molecule has 1 aromatic carbocycles. The zero-order valence-corrected chi connectivity index (χ0v) is 12.9. The number of nitrogens with zero attached hydrogens (tertiary/aromatic N) is 3. The number of anilines is 1. The molecule has 0 saturated carbocycles. The van der Waals surface area contributed by atoms with Gasteiger partial charge in [-0.15, -0.1) is 11.3 Å². The van der Waals surface area contributed by atoms with Gasteiger partial charge in [0.1, 0.15) is 11.0 Å². The van der Waals surface area contributed by atoms with E-state index in [9.17, 15) is 0 Å². The molecule has 98 valence electrons. The molecule has 1 N–H and O–H groups in total. The van der Waals surface area contributed by atoms with E-state index in [4.69, 9.17) is 23.2 Å². The number of benzene rings is 1. The first kappa shape index (κ1) is 13.1. The van der Waals surface area contributed by atoms with Crippen LogP contribution in [0, 0.1) is 6.92 Å². The average molecular weight is 331 g/mol. The number of aryl methyl sites for hydroxylation is 1. The Morgan fingerprint density at radius 1 is 1.21 bits per heavy atom. The number of hydrogen-bond acceptors (Lipinski definition) is 6. The molecule has 0 amide bonds. The minimum Gasteiger partial charge on any atom is -0.376 e. The maximum atomic E-state index is 6.21. The summed E-state index contributed by atoms with van der Waals surface area (Å²) < 4.78 is 8.40. The zero-order valence-electron chi connectivity index (χ0n) is 9.78. The van der Waals surface area contributed by atoms with Gasteiger partial charge in [0.15, 0.2) is 0 Å². The molecule has 3 aromatic rings. The van der Waals surface area contributed by atoms with Crippen molar-refractivity contribution in [2.75, 3.05) is 5.32 Å². The van der Waals surface area contributed by atoms with Crippen LogP contribution in [0.1, 0.15) is 10.7 Å². The molecule has 3 rings (SSSR count). The predicted molar refractivity (Wildman–Crippen MR) is 81.6 cm³/mol. The fourth-order valence-corrected chi connectivity index (χ4v) is 3.50. The number of aromatic nitrogens is 3. The van der Waals surface area contributed by atoms with Gasteiger partial charge in [0.25, 0.3) is 0 Å². The van der Waals surface area contributed by atoms with Crippen molar-refractivity contribution >= 4 is 63.0 Å². The Labute approximate surface area is 127 Å². The van der Waals surface area contributed by atoms with E-state index in [1.165, 1.54) is 0 Å². The van der Waals surface area contributed by atoms with E-state index in [2.05, 4.69) is 19.0 Å². The highest BCUT2D eigenvalue weighted by Crippen LogP contribution is 2.35. The summed E-state index contributed by atoms with van der Waals surface area (Å²) in [5, 5.41) is 7.37. The molecule has 2 aromatic heterocycles. The standard InChI is InChI=1S/C11H8Cl2N4S2/c1-5-15-6(4-18-5)3-14-9-7(12)2-8(13)10-11(9)17-19-16-10/h2,4,14H,3H2,1H3. The molecule has 8 heteroatoms. The van der Waals surface area contributed by atoms with Gasteiger partial charge in [-0.25, -0.2) is 4.98 Å². The van der Waals surface area contributed by atoms with Gasteiger partial charge in [-0.05, 0) is 13.0 Å². The molecule has 0 saturated heterocycles. The van der Waals surface area contributed by atoms with Crippen LogP contribution in [0.25, 0.3) is 11.0 Å². The largest absolute Gasteiger partial charge is 0.376 e. The zero-order chi connectivity index (χ0) is 13.4. The summed E-state index contributed by atoms with van der Waals surface area (Å²) in [6.45, 7) is 2.57. The molecule has 0 atom stereocenters. The van der Waals surface area contributed by atoms with Gasteiger partial charge < -0.3 is 5.32 Å². The maximum Gasteiger partial charge on any atom is 0.130 e. The van der Waals surface area contributed by atoms with Gasteiger partial charge >= 0.3 is 0 Å². The first-order valence-corrected chi connectivity index (χ1v) is 7.77. The minimum atomic E-state index is 0.517. The van der Waals surface area contributed by atoms with Crippen LogP contribution in [0.3, 0.4) is 0 Å². The first-order chi connectivity index (χ1) is 9.15. The van der Waals surface area contributed by atoms with E-state index < -0.39 is 0 Å². The van der Waals surface area contributed by atoms with E-state index in [1.807, 2.05) is 12.3 Å². The van der Waals surface area contributed by atoms with E-state index in [0.717, 1.165) is 28.1 Å². The Hall–Kier alpha value is -0.950. The van der Waals surface area contributed by atoms with Gasteiger partial charge in [-0.2, -0.15) is 8.75 Å². The molecular formula is C11H8Cl2N4S2. The molecule has 0 spiro atoms. The molecule has 4 nitrogen and oxygen atoms in total. The van der Waals surface area contributed by atoms with E-state index >= 15 is 0 Å². The molecule has 0 aliphatic heterocycles. The van der Waals surface area contributed by atoms with Crippen molar-refractivity contribution in [3.05, 3.63) is 32.2 Å². The average Bonchev–Trinajstić information content (AvgIpc) is 2.98. The summed E-state index contributed by atoms with van der Waals surface area (Å²) in [6.07, 6.45) is 0. The summed E-state index contributed by atoms with van der Waals surface area (Å²) in [6, 6.07) is 1.68. The molecule has 19 heavy (non-hydrogen) atoms. The summed E-state index contributed by atoms with van der Waals surface area (Å²) in [5.41, 5.74) is 3.10. The fourth-order valence-electron chi connectivity index (χ4n) is 1.71. The Balaban J connectivity index is 1.94. The Morgan fingerprint density at radius 3 is 2.74 bits per heavy atom. The topological polar surface area (TPSA) is 50.7 Å². The second-order valence-electron chi connectivity index (χ2n) is 3.89. The highest BCUT2D eigenvalue weighted by molar-refractivity contribution is 7.09. The molecular weight excluding hydrogens is 323 g/mol. The first-order valence-electron chi connectivity index (χ1n) is 5.40. The number of halogens is 2. The second-order valence-corrected chi connectivity index (χ2v) is 6.29. The Kier molecular flexibility index (Phi) is 3.58. The van der Waals surface area contributed by atoms with Crippen LogP contribution in [0.4, 0.5) is 5.69 Å². The SMILES string of the molecule is Cc1nc(CNc2c(Cl)cc(Cl)c3nsnc23)cs1. The van der Waals surface area contributed by atoms with E-state index in [0.29, 0.717) is 27.6 Å². The van der Waals surface area contributed by atoms with E-state index in [1.54, 1.807) is 17.4 Å². The van der Waals surface area contributed by atoms with Crippen molar-refractivity contribution in [3.8, 4) is 0 Å². The van der Waals surface area contributed by atoms with Crippen LogP contribution >= 0.6 is 46.3 Å². The third-order valence-electron chi connectivity index (χ3n) is 2.56. The highest BCUT2D eigenvalue weighted by Gasteiger charge is 2.14. The number of rotatable bonds is 3. The lowest BCUT2D eigenvalue weighted by Gasteiger charge is -2.08. The summed E-state index contributed by atoms with van der Waals surface area (Å²) in [5.74, 6) is 0. The smallest absolute Gasteiger partial charge is 0.130 e. The molecule has 2 heterocycles. The van der Waals surface area contributed by atoms with Crippen molar-refractivity contribution < 1.29 is 0 Å². The third-order valence-corrected chi connectivity index (χ3v) is 4.49. The Bertz CT molecular complexity index is 737. The van der Waals surface area contributed by atoms with Crippen LogP contribution in [-0.4, -0.2) is 13.7 Å². The van der Waals surface area contributed by atoms with Crippen LogP contribution in [0.15, 0.2) is 11.4 Å².